The Balaban J connectivity index is 1.91. The second-order valence-corrected chi connectivity index (χ2v) is 5.03. The predicted molar refractivity (Wildman–Crippen MR) is 65.3 cm³/mol. The van der Waals surface area contributed by atoms with Gasteiger partial charge in [-0.25, -0.2) is 4.79 Å². The minimum atomic E-state index is -4.54. The van der Waals surface area contributed by atoms with Crippen molar-refractivity contribution in [2.75, 3.05) is 19.7 Å². The molecule has 0 atom stereocenters. The number of amides is 1. The molecule has 2 heterocycles. The lowest BCUT2D eigenvalue weighted by Gasteiger charge is -2.37. The van der Waals surface area contributed by atoms with Crippen LogP contribution < -0.4 is 0 Å². The van der Waals surface area contributed by atoms with Gasteiger partial charge in [0.05, 0.1) is 5.69 Å². The highest BCUT2D eigenvalue weighted by molar-refractivity contribution is 5.67. The van der Waals surface area contributed by atoms with E-state index in [0.29, 0.717) is 5.69 Å². The van der Waals surface area contributed by atoms with Gasteiger partial charge in [0.1, 0.15) is 5.60 Å². The number of rotatable bonds is 2. The third kappa shape index (κ3) is 3.66. The smallest absolute Gasteiger partial charge is 0.422 e. The molecular weight excluding hydrogens is 291 g/mol. The third-order valence-corrected chi connectivity index (χ3v) is 3.51. The molecule has 9 heteroatoms. The van der Waals surface area contributed by atoms with Crippen LogP contribution >= 0.6 is 0 Å². The van der Waals surface area contributed by atoms with Gasteiger partial charge in [0.15, 0.2) is 6.61 Å². The Kier molecular flexibility index (Phi) is 4.13. The monoisotopic (exact) mass is 307 g/mol. The number of carbonyl (C=O) groups is 1. The molecule has 1 aliphatic rings. The topological polar surface area (TPSA) is 67.6 Å². The molecule has 1 aliphatic heterocycles. The van der Waals surface area contributed by atoms with Gasteiger partial charge < -0.3 is 14.7 Å². The summed E-state index contributed by atoms with van der Waals surface area (Å²) in [5.41, 5.74) is -0.516. The van der Waals surface area contributed by atoms with Gasteiger partial charge in [-0.2, -0.15) is 18.3 Å². The predicted octanol–water partition coefficient (Wildman–Crippen LogP) is 1.40. The molecule has 1 N–H and O–H groups in total. The Hall–Kier alpha value is -1.77. The van der Waals surface area contributed by atoms with Crippen LogP contribution in [0.2, 0.25) is 0 Å². The third-order valence-electron chi connectivity index (χ3n) is 3.51. The number of ether oxygens (including phenoxy) is 1. The van der Waals surface area contributed by atoms with Crippen molar-refractivity contribution in [3.63, 3.8) is 0 Å². The van der Waals surface area contributed by atoms with E-state index < -0.39 is 24.5 Å². The number of hydrogen-bond donors (Lipinski definition) is 1. The molecule has 0 saturated carbocycles. The molecule has 0 spiro atoms. The first-order chi connectivity index (χ1) is 9.71. The van der Waals surface area contributed by atoms with Gasteiger partial charge in [0.2, 0.25) is 0 Å². The highest BCUT2D eigenvalue weighted by Gasteiger charge is 2.38. The molecule has 1 saturated heterocycles. The molecule has 0 radical (unpaired) electrons. The summed E-state index contributed by atoms with van der Waals surface area (Å²) >= 11 is 0. The fraction of sp³-hybridized carbons (Fsp3) is 0.667. The number of nitrogens with zero attached hydrogens (tertiary/aromatic N) is 3. The molecular formula is C12H16F3N3O3. The Morgan fingerprint density at radius 3 is 2.57 bits per heavy atom. The summed E-state index contributed by atoms with van der Waals surface area (Å²) < 4.78 is 41.7. The van der Waals surface area contributed by atoms with Gasteiger partial charge >= 0.3 is 12.3 Å². The average molecular weight is 307 g/mol. The number of halogens is 3. The molecule has 6 nitrogen and oxygen atoms in total. The fourth-order valence-electron chi connectivity index (χ4n) is 2.38. The first kappa shape index (κ1) is 15.6. The van der Waals surface area contributed by atoms with Crippen molar-refractivity contribution in [1.29, 1.82) is 0 Å². The molecule has 2 rings (SSSR count). The van der Waals surface area contributed by atoms with Gasteiger partial charge in [0, 0.05) is 26.3 Å². The molecule has 118 valence electrons. The van der Waals surface area contributed by atoms with Crippen molar-refractivity contribution < 1.29 is 27.8 Å². The number of aliphatic hydroxyl groups is 1. The van der Waals surface area contributed by atoms with E-state index in [4.69, 9.17) is 0 Å². The zero-order valence-corrected chi connectivity index (χ0v) is 11.4. The van der Waals surface area contributed by atoms with E-state index in [1.807, 2.05) is 0 Å². The van der Waals surface area contributed by atoms with E-state index in [2.05, 4.69) is 9.84 Å². The number of piperidine rings is 1. The lowest BCUT2D eigenvalue weighted by molar-refractivity contribution is -0.163. The quantitative estimate of drug-likeness (QED) is 0.897. The first-order valence-electron chi connectivity index (χ1n) is 6.41. The van der Waals surface area contributed by atoms with Crippen LogP contribution in [0.15, 0.2) is 12.3 Å². The highest BCUT2D eigenvalue weighted by atomic mass is 19.4. The van der Waals surface area contributed by atoms with E-state index in [9.17, 15) is 23.1 Å². The largest absolute Gasteiger partial charge is 0.440 e. The van der Waals surface area contributed by atoms with Gasteiger partial charge in [0.25, 0.3) is 0 Å². The number of aromatic nitrogens is 2. The minimum Gasteiger partial charge on any atom is -0.440 e. The van der Waals surface area contributed by atoms with Gasteiger partial charge in [-0.15, -0.1) is 0 Å². The molecule has 1 aromatic rings. The lowest BCUT2D eigenvalue weighted by Crippen LogP contribution is -2.46. The first-order valence-corrected chi connectivity index (χ1v) is 6.41. The standard InChI is InChI=1S/C12H16F3N3O3/c1-17-9(2-5-16-17)11(20)3-6-18(7-4-11)10(19)21-8-12(13,14)15/h2,5,20H,3-4,6-8H2,1H3. The van der Waals surface area contributed by atoms with Crippen LogP contribution in [0.3, 0.4) is 0 Å². The van der Waals surface area contributed by atoms with Crippen LogP contribution in [-0.4, -0.2) is 51.8 Å². The van der Waals surface area contributed by atoms with E-state index in [0.717, 1.165) is 4.90 Å². The maximum absolute atomic E-state index is 12.0. The SMILES string of the molecule is Cn1nccc1C1(O)CCN(C(=O)OCC(F)(F)F)CC1. The molecule has 1 fully saturated rings. The van der Waals surface area contributed by atoms with Crippen LogP contribution in [0.25, 0.3) is 0 Å². The van der Waals surface area contributed by atoms with Crippen molar-refractivity contribution in [3.8, 4) is 0 Å². The Morgan fingerprint density at radius 2 is 2.10 bits per heavy atom. The molecule has 1 amide bonds. The molecule has 0 aromatic carbocycles. The summed E-state index contributed by atoms with van der Waals surface area (Å²) in [6, 6.07) is 1.68. The maximum atomic E-state index is 12.0. The Bertz CT molecular complexity index is 507. The van der Waals surface area contributed by atoms with Gasteiger partial charge in [-0.05, 0) is 18.9 Å². The van der Waals surface area contributed by atoms with E-state index in [1.54, 1.807) is 19.3 Å². The molecule has 21 heavy (non-hydrogen) atoms. The number of hydrogen-bond acceptors (Lipinski definition) is 4. The summed E-state index contributed by atoms with van der Waals surface area (Å²) in [6.45, 7) is -1.36. The second-order valence-electron chi connectivity index (χ2n) is 5.03. The number of likely N-dealkylation sites (tertiary alicyclic amines) is 1. The normalized spacial score (nSPS) is 18.6. The molecule has 0 aliphatic carbocycles. The van der Waals surface area contributed by atoms with Gasteiger partial charge in [-0.1, -0.05) is 0 Å². The molecule has 0 bridgehead atoms. The summed E-state index contributed by atoms with van der Waals surface area (Å²) in [5.74, 6) is 0. The summed E-state index contributed by atoms with van der Waals surface area (Å²) in [5, 5.41) is 14.5. The van der Waals surface area contributed by atoms with Crippen LogP contribution in [0.5, 0.6) is 0 Å². The van der Waals surface area contributed by atoms with Crippen molar-refractivity contribution in [2.45, 2.75) is 24.6 Å². The Labute approximate surface area is 119 Å². The van der Waals surface area contributed by atoms with Crippen LogP contribution in [0.4, 0.5) is 18.0 Å². The lowest BCUT2D eigenvalue weighted by atomic mass is 9.88. The maximum Gasteiger partial charge on any atom is 0.422 e. The minimum absolute atomic E-state index is 0.123. The van der Waals surface area contributed by atoms with Crippen LogP contribution in [0.1, 0.15) is 18.5 Å². The average Bonchev–Trinajstić information content (AvgIpc) is 2.83. The number of carbonyl (C=O) groups excluding carboxylic acids is 1. The zero-order chi connectivity index (χ0) is 15.7. The van der Waals surface area contributed by atoms with E-state index >= 15 is 0 Å². The summed E-state index contributed by atoms with van der Waals surface area (Å²) in [4.78, 5) is 12.7. The summed E-state index contributed by atoms with van der Waals surface area (Å²) in [6.07, 6.45) is -3.57. The van der Waals surface area contributed by atoms with Crippen molar-refractivity contribution in [1.82, 2.24) is 14.7 Å². The van der Waals surface area contributed by atoms with Crippen LogP contribution in [0, 0.1) is 0 Å². The van der Waals surface area contributed by atoms with E-state index in [1.165, 1.54) is 4.68 Å². The Morgan fingerprint density at radius 1 is 1.48 bits per heavy atom. The van der Waals surface area contributed by atoms with Gasteiger partial charge in [-0.3, -0.25) is 4.68 Å². The fourth-order valence-corrected chi connectivity index (χ4v) is 2.38. The van der Waals surface area contributed by atoms with Crippen molar-refractivity contribution in [2.24, 2.45) is 7.05 Å². The number of alkyl halides is 3. The zero-order valence-electron chi connectivity index (χ0n) is 11.4. The van der Waals surface area contributed by atoms with Crippen molar-refractivity contribution >= 4 is 6.09 Å². The van der Waals surface area contributed by atoms with Crippen LogP contribution in [-0.2, 0) is 17.4 Å². The highest BCUT2D eigenvalue weighted by Crippen LogP contribution is 2.32. The van der Waals surface area contributed by atoms with E-state index in [-0.39, 0.29) is 25.9 Å². The molecule has 1 aromatic heterocycles. The summed E-state index contributed by atoms with van der Waals surface area (Å²) in [7, 11) is 1.69. The van der Waals surface area contributed by atoms with Crippen molar-refractivity contribution in [3.05, 3.63) is 18.0 Å². The second kappa shape index (κ2) is 5.55. The molecule has 0 unspecified atom stereocenters. The number of aryl methyl sites for hydroxylation is 1.